The predicted molar refractivity (Wildman–Crippen MR) is 121 cm³/mol. The Bertz CT molecular complexity index is 987. The molecule has 0 saturated carbocycles. The van der Waals surface area contributed by atoms with Crippen LogP contribution in [0.4, 0.5) is 0 Å². The van der Waals surface area contributed by atoms with Gasteiger partial charge in [-0.1, -0.05) is 43.3 Å². The fourth-order valence-electron chi connectivity index (χ4n) is 3.84. The monoisotopic (exact) mass is 445 g/mol. The summed E-state index contributed by atoms with van der Waals surface area (Å²) in [6.07, 6.45) is 0.745. The van der Waals surface area contributed by atoms with Crippen molar-refractivity contribution in [2.45, 2.75) is 45.4 Å². The summed E-state index contributed by atoms with van der Waals surface area (Å²) in [6, 6.07) is 15.0. The van der Waals surface area contributed by atoms with Crippen molar-refractivity contribution in [3.8, 4) is 5.75 Å². The Morgan fingerprint density at radius 2 is 1.90 bits per heavy atom. The van der Waals surface area contributed by atoms with Crippen molar-refractivity contribution >= 4 is 15.6 Å². The molecule has 1 N–H and O–H groups in total. The van der Waals surface area contributed by atoms with E-state index in [1.807, 2.05) is 4.90 Å². The van der Waals surface area contributed by atoms with Crippen molar-refractivity contribution in [3.05, 3.63) is 65.2 Å². The molecule has 2 atom stereocenters. The quantitative estimate of drug-likeness (QED) is 0.566. The maximum Gasteiger partial charge on any atom is 0.159 e. The molecule has 1 aliphatic heterocycles. The molecule has 0 spiro atoms. The van der Waals surface area contributed by atoms with Crippen molar-refractivity contribution in [3.63, 3.8) is 0 Å². The number of aryl methyl sites for hydroxylation is 1. The van der Waals surface area contributed by atoms with Crippen LogP contribution < -0.4 is 4.74 Å². The minimum Gasteiger partial charge on any atom is -0.491 e. The van der Waals surface area contributed by atoms with E-state index < -0.39 is 15.9 Å². The second kappa shape index (κ2) is 10.4. The fraction of sp³-hybridized carbons (Fsp3) is 0.458. The van der Waals surface area contributed by atoms with Crippen LogP contribution in [0.2, 0.25) is 0 Å². The number of benzene rings is 2. The zero-order valence-corrected chi connectivity index (χ0v) is 19.0. The second-order valence-electron chi connectivity index (χ2n) is 8.21. The zero-order valence-electron chi connectivity index (χ0n) is 18.2. The van der Waals surface area contributed by atoms with E-state index in [2.05, 4.69) is 31.2 Å². The summed E-state index contributed by atoms with van der Waals surface area (Å²) >= 11 is 0. The molecule has 1 aliphatic rings. The van der Waals surface area contributed by atoms with Crippen LogP contribution in [0.3, 0.4) is 0 Å². The van der Waals surface area contributed by atoms with E-state index >= 15 is 0 Å². The first-order chi connectivity index (χ1) is 14.8. The van der Waals surface area contributed by atoms with Gasteiger partial charge in [-0.05, 0) is 43.0 Å². The van der Waals surface area contributed by atoms with Crippen LogP contribution in [-0.2, 0) is 22.8 Å². The highest BCUT2D eigenvalue weighted by molar-refractivity contribution is 7.91. The van der Waals surface area contributed by atoms with Crippen molar-refractivity contribution < 1.29 is 23.1 Å². The summed E-state index contributed by atoms with van der Waals surface area (Å²) in [6.45, 7) is 4.54. The largest absolute Gasteiger partial charge is 0.491 e. The number of hydrogen-bond acceptors (Lipinski definition) is 6. The molecule has 2 unspecified atom stereocenters. The van der Waals surface area contributed by atoms with Gasteiger partial charge in [0.2, 0.25) is 0 Å². The van der Waals surface area contributed by atoms with Gasteiger partial charge in [-0.2, -0.15) is 0 Å². The van der Waals surface area contributed by atoms with E-state index in [1.54, 1.807) is 24.3 Å². The minimum atomic E-state index is -3.03. The standard InChI is InChI=1S/C24H31NO5S/c1-3-19-7-9-20(10-8-19)14-25(22-11-12-31(28,29)17-22)15-23(27)16-30-24-6-4-5-21(13-24)18(2)26/h4-10,13,22-23,27H,3,11-12,14-17H2,1-2H3. The topological polar surface area (TPSA) is 83.9 Å². The van der Waals surface area contributed by atoms with Crippen LogP contribution >= 0.6 is 0 Å². The summed E-state index contributed by atoms with van der Waals surface area (Å²) in [5, 5.41) is 10.6. The minimum absolute atomic E-state index is 0.0475. The molecule has 1 fully saturated rings. The van der Waals surface area contributed by atoms with Crippen molar-refractivity contribution in [1.29, 1.82) is 0 Å². The number of nitrogens with zero attached hydrogens (tertiary/aromatic N) is 1. The molecule has 0 bridgehead atoms. The lowest BCUT2D eigenvalue weighted by molar-refractivity contribution is 0.0524. The molecule has 168 valence electrons. The number of rotatable bonds is 10. The summed E-state index contributed by atoms with van der Waals surface area (Å²) in [7, 11) is -3.03. The van der Waals surface area contributed by atoms with Gasteiger partial charge in [0.05, 0.1) is 11.5 Å². The Kier molecular flexibility index (Phi) is 7.86. The van der Waals surface area contributed by atoms with Crippen LogP contribution in [0.25, 0.3) is 0 Å². The van der Waals surface area contributed by atoms with Crippen molar-refractivity contribution in [2.24, 2.45) is 0 Å². The van der Waals surface area contributed by atoms with Gasteiger partial charge >= 0.3 is 0 Å². The number of aliphatic hydroxyl groups is 1. The van der Waals surface area contributed by atoms with Gasteiger partial charge in [-0.3, -0.25) is 9.69 Å². The Morgan fingerprint density at radius 1 is 1.19 bits per heavy atom. The molecule has 3 rings (SSSR count). The predicted octanol–water partition coefficient (Wildman–Crippen LogP) is 2.88. The van der Waals surface area contributed by atoms with Crippen LogP contribution in [0.5, 0.6) is 5.75 Å². The number of carbonyl (C=O) groups excluding carboxylic acids is 1. The van der Waals surface area contributed by atoms with E-state index in [1.165, 1.54) is 12.5 Å². The highest BCUT2D eigenvalue weighted by Crippen LogP contribution is 2.21. The van der Waals surface area contributed by atoms with Crippen molar-refractivity contribution in [2.75, 3.05) is 24.7 Å². The summed E-state index contributed by atoms with van der Waals surface area (Å²) in [4.78, 5) is 13.6. The molecule has 6 nitrogen and oxygen atoms in total. The van der Waals surface area contributed by atoms with Crippen molar-refractivity contribution in [1.82, 2.24) is 4.90 Å². The molecule has 0 aromatic heterocycles. The molecule has 1 saturated heterocycles. The normalized spacial score (nSPS) is 18.8. The first kappa shape index (κ1) is 23.4. The van der Waals surface area contributed by atoms with E-state index in [9.17, 15) is 18.3 Å². The average molecular weight is 446 g/mol. The number of ketones is 1. The molecule has 31 heavy (non-hydrogen) atoms. The number of carbonyl (C=O) groups is 1. The first-order valence-electron chi connectivity index (χ1n) is 10.7. The summed E-state index contributed by atoms with van der Waals surface area (Å²) in [5.74, 6) is 0.785. The molecule has 0 radical (unpaired) electrons. The van der Waals surface area contributed by atoms with Crippen LogP contribution in [0, 0.1) is 0 Å². The summed E-state index contributed by atoms with van der Waals surface area (Å²) < 4.78 is 29.7. The number of ether oxygens (including phenoxy) is 1. The molecular formula is C24H31NO5S. The lowest BCUT2D eigenvalue weighted by Crippen LogP contribution is -2.42. The molecule has 2 aromatic rings. The zero-order chi connectivity index (χ0) is 22.4. The maximum atomic E-state index is 12.0. The van der Waals surface area contributed by atoms with Crippen LogP contribution in [0.15, 0.2) is 48.5 Å². The summed E-state index contributed by atoms with van der Waals surface area (Å²) in [5.41, 5.74) is 2.89. The molecule has 2 aromatic carbocycles. The Hall–Kier alpha value is -2.22. The number of sulfone groups is 1. The highest BCUT2D eigenvalue weighted by atomic mass is 32.2. The molecule has 7 heteroatoms. The van der Waals surface area contributed by atoms with E-state index in [0.29, 0.717) is 30.8 Å². The third-order valence-electron chi connectivity index (χ3n) is 5.67. The highest BCUT2D eigenvalue weighted by Gasteiger charge is 2.33. The third-order valence-corrected chi connectivity index (χ3v) is 7.42. The maximum absolute atomic E-state index is 12.0. The second-order valence-corrected chi connectivity index (χ2v) is 10.4. The average Bonchev–Trinajstić information content (AvgIpc) is 3.12. The molecular weight excluding hydrogens is 414 g/mol. The Balaban J connectivity index is 1.65. The van der Waals surface area contributed by atoms with E-state index in [0.717, 1.165) is 12.0 Å². The third kappa shape index (κ3) is 6.89. The van der Waals surface area contributed by atoms with E-state index in [4.69, 9.17) is 4.74 Å². The van der Waals surface area contributed by atoms with Crippen LogP contribution in [0.1, 0.15) is 41.8 Å². The SMILES string of the molecule is CCc1ccc(CN(CC(O)COc2cccc(C(C)=O)c2)C2CCS(=O)(=O)C2)cc1. The Labute approximate surface area is 184 Å². The number of aliphatic hydroxyl groups excluding tert-OH is 1. The van der Waals surface area contributed by atoms with Gasteiger partial charge in [0, 0.05) is 24.7 Å². The fourth-order valence-corrected chi connectivity index (χ4v) is 5.60. The lowest BCUT2D eigenvalue weighted by atomic mass is 10.1. The molecule has 0 amide bonds. The van der Waals surface area contributed by atoms with Gasteiger partial charge in [0.1, 0.15) is 18.5 Å². The lowest BCUT2D eigenvalue weighted by Gasteiger charge is -2.30. The first-order valence-corrected chi connectivity index (χ1v) is 12.5. The number of hydrogen-bond donors (Lipinski definition) is 1. The van der Waals surface area contributed by atoms with Gasteiger partial charge < -0.3 is 9.84 Å². The number of Topliss-reactive ketones (excluding diaryl/α,β-unsaturated/α-hetero) is 1. The van der Waals surface area contributed by atoms with Gasteiger partial charge in [-0.25, -0.2) is 8.42 Å². The van der Waals surface area contributed by atoms with Gasteiger partial charge in [0.25, 0.3) is 0 Å². The van der Waals surface area contributed by atoms with Gasteiger partial charge in [-0.15, -0.1) is 0 Å². The molecule has 1 heterocycles. The van der Waals surface area contributed by atoms with Gasteiger partial charge in [0.15, 0.2) is 15.6 Å². The smallest absolute Gasteiger partial charge is 0.159 e. The Morgan fingerprint density at radius 3 is 2.52 bits per heavy atom. The van der Waals surface area contributed by atoms with Crippen LogP contribution in [-0.4, -0.2) is 61.0 Å². The van der Waals surface area contributed by atoms with E-state index in [-0.39, 0.29) is 29.9 Å². The molecule has 0 aliphatic carbocycles.